The highest BCUT2D eigenvalue weighted by atomic mass is 32.2. The minimum atomic E-state index is 0.00976. The molecule has 206 valence electrons. The van der Waals surface area contributed by atoms with Gasteiger partial charge in [0, 0.05) is 37.2 Å². The summed E-state index contributed by atoms with van der Waals surface area (Å²) < 4.78 is 9.27. The van der Waals surface area contributed by atoms with E-state index in [1.807, 2.05) is 11.8 Å². The molecule has 5 heterocycles. The smallest absolute Gasteiger partial charge is 0.333 e. The minimum Gasteiger partial charge on any atom is -0.456 e. The number of para-hydroxylation sites is 4. The quantitative estimate of drug-likeness (QED) is 0.165. The van der Waals surface area contributed by atoms with Crippen LogP contribution >= 0.6 is 11.8 Å². The molecule has 3 nitrogen and oxygen atoms in total. The van der Waals surface area contributed by atoms with Crippen LogP contribution in [0.5, 0.6) is 0 Å². The fourth-order valence-electron chi connectivity index (χ4n) is 8.67. The van der Waals surface area contributed by atoms with Crippen LogP contribution < -0.4 is 15.7 Å². The predicted octanol–water partition coefficient (Wildman–Crippen LogP) is 9.54. The van der Waals surface area contributed by atoms with Crippen LogP contribution in [0, 0.1) is 0 Å². The second kappa shape index (κ2) is 7.81. The van der Waals surface area contributed by atoms with Gasteiger partial charge in [-0.25, -0.2) is 0 Å². The number of nitrogens with zero attached hydrogens (tertiary/aromatic N) is 2. The molecule has 0 saturated heterocycles. The molecule has 0 aliphatic carbocycles. The van der Waals surface area contributed by atoms with E-state index in [-0.39, 0.29) is 6.85 Å². The van der Waals surface area contributed by atoms with E-state index < -0.39 is 0 Å². The van der Waals surface area contributed by atoms with Crippen molar-refractivity contribution >= 4 is 95.4 Å². The molecule has 0 unspecified atom stereocenters. The fraction of sp³-hybridized carbons (Fsp3) is 0. The van der Waals surface area contributed by atoms with Crippen LogP contribution in [0.2, 0.25) is 0 Å². The number of fused-ring (bicyclic) bond motifs is 15. The van der Waals surface area contributed by atoms with Gasteiger partial charge in [0.25, 0.3) is 0 Å². The van der Waals surface area contributed by atoms with Crippen LogP contribution in [0.3, 0.4) is 0 Å². The molecule has 0 bridgehead atoms. The third-order valence-electron chi connectivity index (χ3n) is 10.3. The van der Waals surface area contributed by atoms with E-state index in [9.17, 15) is 0 Å². The molecule has 0 fully saturated rings. The molecule has 12 rings (SSSR count). The zero-order valence-corrected chi connectivity index (χ0v) is 24.7. The van der Waals surface area contributed by atoms with Crippen molar-refractivity contribution in [2.45, 2.75) is 9.79 Å². The summed E-state index contributed by atoms with van der Waals surface area (Å²) in [5.41, 5.74) is 13.4. The summed E-state index contributed by atoms with van der Waals surface area (Å²) in [5, 5.41) is 7.52. The molecule has 5 heteroatoms. The minimum absolute atomic E-state index is 0.00976. The van der Waals surface area contributed by atoms with Gasteiger partial charge in [-0.15, -0.1) is 0 Å². The van der Waals surface area contributed by atoms with Crippen molar-refractivity contribution in [1.82, 2.24) is 4.57 Å². The van der Waals surface area contributed by atoms with E-state index in [1.54, 1.807) is 0 Å². The summed E-state index contributed by atoms with van der Waals surface area (Å²) in [6.07, 6.45) is 0. The number of hydrogen-bond acceptors (Lipinski definition) is 3. The normalized spacial score (nSPS) is 14.0. The molecule has 45 heavy (non-hydrogen) atoms. The average Bonchev–Trinajstić information content (AvgIpc) is 3.64. The molecular formula is C40H21BN2OS. The van der Waals surface area contributed by atoms with Gasteiger partial charge in [0.05, 0.1) is 27.8 Å². The van der Waals surface area contributed by atoms with Gasteiger partial charge < -0.3 is 13.8 Å². The van der Waals surface area contributed by atoms with Crippen LogP contribution in [0.1, 0.15) is 0 Å². The van der Waals surface area contributed by atoms with E-state index in [0.29, 0.717) is 0 Å². The molecule has 0 radical (unpaired) electrons. The van der Waals surface area contributed by atoms with Gasteiger partial charge >= 0.3 is 6.85 Å². The molecule has 3 aliphatic heterocycles. The zero-order chi connectivity index (χ0) is 29.0. The zero-order valence-electron chi connectivity index (χ0n) is 23.9. The van der Waals surface area contributed by atoms with Crippen molar-refractivity contribution < 1.29 is 4.42 Å². The van der Waals surface area contributed by atoms with Gasteiger partial charge in [-0.05, 0) is 63.7 Å². The second-order valence-electron chi connectivity index (χ2n) is 12.4. The summed E-state index contributed by atoms with van der Waals surface area (Å²) in [5.74, 6) is 0. The Bertz CT molecular complexity index is 2830. The lowest BCUT2D eigenvalue weighted by molar-refractivity contribution is 0.669. The van der Waals surface area contributed by atoms with Gasteiger partial charge in [-0.3, -0.25) is 0 Å². The van der Waals surface area contributed by atoms with Gasteiger partial charge in [-0.1, -0.05) is 103 Å². The van der Waals surface area contributed by atoms with Crippen LogP contribution in [-0.4, -0.2) is 11.4 Å². The van der Waals surface area contributed by atoms with E-state index in [2.05, 4.69) is 137 Å². The molecule has 0 amide bonds. The van der Waals surface area contributed by atoms with Crippen LogP contribution in [-0.2, 0) is 0 Å². The first-order valence-electron chi connectivity index (χ1n) is 15.5. The maximum Gasteiger partial charge on any atom is 0.333 e. The van der Waals surface area contributed by atoms with Crippen molar-refractivity contribution in [3.63, 3.8) is 0 Å². The molecule has 2 aromatic heterocycles. The van der Waals surface area contributed by atoms with E-state index in [4.69, 9.17) is 4.42 Å². The third kappa shape index (κ3) is 2.62. The molecular weight excluding hydrogens is 567 g/mol. The second-order valence-corrected chi connectivity index (χ2v) is 13.5. The third-order valence-corrected chi connectivity index (χ3v) is 11.4. The molecule has 0 saturated carbocycles. The summed E-state index contributed by atoms with van der Waals surface area (Å²) >= 11 is 1.88. The maximum atomic E-state index is 6.70. The first-order chi connectivity index (χ1) is 22.3. The summed E-state index contributed by atoms with van der Waals surface area (Å²) in [7, 11) is 0. The highest BCUT2D eigenvalue weighted by Crippen LogP contribution is 2.55. The number of aromatic nitrogens is 1. The average molecular weight is 589 g/mol. The number of furan rings is 1. The number of rotatable bonds is 0. The Hall–Kier alpha value is -5.39. The Morgan fingerprint density at radius 1 is 0.578 bits per heavy atom. The molecule has 0 N–H and O–H groups in total. The Balaban J connectivity index is 1.38. The summed E-state index contributed by atoms with van der Waals surface area (Å²) in [6, 6.07) is 47.0. The Kier molecular flexibility index (Phi) is 4.00. The number of hydrogen-bond donors (Lipinski definition) is 0. The molecule has 0 spiro atoms. The molecule has 7 aromatic carbocycles. The van der Waals surface area contributed by atoms with Gasteiger partial charge in [-0.2, -0.15) is 0 Å². The van der Waals surface area contributed by atoms with Crippen LogP contribution in [0.15, 0.2) is 142 Å². The van der Waals surface area contributed by atoms with Gasteiger partial charge in [0.2, 0.25) is 0 Å². The Morgan fingerprint density at radius 2 is 1.38 bits per heavy atom. The Labute approximate surface area is 262 Å². The largest absolute Gasteiger partial charge is 0.456 e. The molecule has 0 atom stereocenters. The lowest BCUT2D eigenvalue weighted by atomic mass is 9.43. The lowest BCUT2D eigenvalue weighted by Gasteiger charge is -2.45. The fourth-order valence-corrected chi connectivity index (χ4v) is 9.78. The lowest BCUT2D eigenvalue weighted by Crippen LogP contribution is -2.61. The summed E-state index contributed by atoms with van der Waals surface area (Å²) in [4.78, 5) is 5.24. The first kappa shape index (κ1) is 23.1. The Morgan fingerprint density at radius 3 is 2.36 bits per heavy atom. The van der Waals surface area contributed by atoms with E-state index >= 15 is 0 Å². The predicted molar refractivity (Wildman–Crippen MR) is 189 cm³/mol. The number of anilines is 2. The topological polar surface area (TPSA) is 21.3 Å². The van der Waals surface area contributed by atoms with Crippen molar-refractivity contribution in [1.29, 1.82) is 0 Å². The standard InChI is InChI=1S/C40H21BN2OS/c1-2-10-23-22(9-1)19-20-30-35(23)26-13-7-14-28-38(26)42(30)40-36-25-11-3-5-16-31(25)44-32(36)21-27-24-12-8-18-34-39(24)43(41(28)37(27)40)29-15-4-6-17-33(29)45-34/h1-21H. The molecule has 3 aliphatic rings. The van der Waals surface area contributed by atoms with Crippen LogP contribution in [0.25, 0.3) is 71.3 Å². The van der Waals surface area contributed by atoms with Crippen molar-refractivity contribution in [2.75, 3.05) is 4.81 Å². The molecule has 9 aromatic rings. The van der Waals surface area contributed by atoms with Crippen molar-refractivity contribution in [3.8, 4) is 16.8 Å². The maximum absolute atomic E-state index is 6.70. The first-order valence-corrected chi connectivity index (χ1v) is 16.3. The van der Waals surface area contributed by atoms with Gasteiger partial charge in [0.15, 0.2) is 0 Å². The van der Waals surface area contributed by atoms with E-state index in [0.717, 1.165) is 16.6 Å². The summed E-state index contributed by atoms with van der Waals surface area (Å²) in [6.45, 7) is 0.00976. The van der Waals surface area contributed by atoms with Crippen LogP contribution in [0.4, 0.5) is 11.4 Å². The number of benzene rings is 7. The highest BCUT2D eigenvalue weighted by Gasteiger charge is 2.47. The SMILES string of the molecule is c1ccc2c(c1)Sc1cccc3c1N2B1c2c-3cc3oc4ccccc4c3c2-n2c3ccc4ccccc4c3c3cccc1c32. The highest BCUT2D eigenvalue weighted by molar-refractivity contribution is 7.99. The monoisotopic (exact) mass is 588 g/mol. The van der Waals surface area contributed by atoms with E-state index in [1.165, 1.54) is 86.9 Å². The van der Waals surface area contributed by atoms with Crippen molar-refractivity contribution in [3.05, 3.63) is 127 Å². The van der Waals surface area contributed by atoms with Crippen molar-refractivity contribution in [2.24, 2.45) is 0 Å². The van der Waals surface area contributed by atoms with Gasteiger partial charge in [0.1, 0.15) is 11.2 Å².